The summed E-state index contributed by atoms with van der Waals surface area (Å²) in [6.07, 6.45) is 0.810. The molecule has 174 valence electrons. The maximum absolute atomic E-state index is 12.6. The fraction of sp³-hybridized carbons (Fsp3) is 0.455. The molecule has 0 atom stereocenters. The van der Waals surface area contributed by atoms with Crippen molar-refractivity contribution in [3.05, 3.63) is 56.9 Å². The van der Waals surface area contributed by atoms with E-state index in [1.807, 2.05) is 18.4 Å². The van der Waals surface area contributed by atoms with Gasteiger partial charge in [0.25, 0.3) is 5.69 Å². The van der Waals surface area contributed by atoms with E-state index >= 15 is 0 Å². The first-order valence-corrected chi connectivity index (χ1v) is 10.2. The van der Waals surface area contributed by atoms with E-state index in [0.717, 1.165) is 23.9 Å². The number of Topliss-reactive ketones (excluding diaryl/α,β-unsaturated/α-hetero) is 1. The lowest BCUT2D eigenvalue weighted by Gasteiger charge is -2.10. The van der Waals surface area contributed by atoms with Gasteiger partial charge in [-0.25, -0.2) is 4.79 Å². The number of nitro benzene ring substituents is 1. The molecule has 1 N–H and O–H groups in total. The van der Waals surface area contributed by atoms with Gasteiger partial charge in [0.1, 0.15) is 5.69 Å². The second kappa shape index (κ2) is 12.0. The molecular weight excluding hydrogens is 418 g/mol. The Balaban J connectivity index is 2.06. The minimum atomic E-state index is -0.807. The monoisotopic (exact) mass is 447 g/mol. The van der Waals surface area contributed by atoms with Crippen LogP contribution in [0.25, 0.3) is 0 Å². The van der Waals surface area contributed by atoms with Gasteiger partial charge in [0, 0.05) is 56.9 Å². The third-order valence-corrected chi connectivity index (χ3v) is 4.99. The molecule has 0 bridgehead atoms. The first-order valence-electron chi connectivity index (χ1n) is 10.2. The maximum Gasteiger partial charge on any atom is 0.338 e. The molecule has 0 saturated carbocycles. The van der Waals surface area contributed by atoms with Gasteiger partial charge >= 0.3 is 5.97 Å². The number of nitrogens with one attached hydrogen (secondary N) is 1. The number of aromatic nitrogens is 1. The lowest BCUT2D eigenvalue weighted by Crippen LogP contribution is -2.16. The normalized spacial score (nSPS) is 10.8. The Bertz CT molecular complexity index is 969. The van der Waals surface area contributed by atoms with Gasteiger partial charge in [0.05, 0.1) is 17.1 Å². The molecule has 10 heteroatoms. The number of nitrogens with zero attached hydrogens (tertiary/aromatic N) is 2. The number of hydrogen-bond acceptors (Lipinski definition) is 8. The van der Waals surface area contributed by atoms with Gasteiger partial charge in [0.2, 0.25) is 5.78 Å². The molecule has 1 heterocycles. The standard InChI is InChI=1S/C22H29N3O7/c1-15-12-18(16(2)24(15)9-5-10-30-3)21(26)14-32-22(27)17-6-7-19(23-8-11-31-4)20(13-17)25(28)29/h6-7,12-13,23H,5,8-11,14H2,1-4H3. The summed E-state index contributed by atoms with van der Waals surface area (Å²) in [6.45, 7) is 5.37. The zero-order valence-electron chi connectivity index (χ0n) is 18.8. The molecule has 0 aliphatic rings. The van der Waals surface area contributed by atoms with Crippen LogP contribution in [0.15, 0.2) is 24.3 Å². The van der Waals surface area contributed by atoms with Gasteiger partial charge in [-0.05, 0) is 38.5 Å². The Labute approximate surface area is 186 Å². The number of carbonyl (C=O) groups is 2. The van der Waals surface area contributed by atoms with Gasteiger partial charge in [-0.1, -0.05) is 0 Å². The highest BCUT2D eigenvalue weighted by Gasteiger charge is 2.21. The number of anilines is 1. The van der Waals surface area contributed by atoms with E-state index in [1.165, 1.54) is 19.2 Å². The lowest BCUT2D eigenvalue weighted by atomic mass is 10.1. The number of aryl methyl sites for hydroxylation is 1. The molecule has 32 heavy (non-hydrogen) atoms. The molecular formula is C22H29N3O7. The molecule has 10 nitrogen and oxygen atoms in total. The summed E-state index contributed by atoms with van der Waals surface area (Å²) in [6, 6.07) is 5.74. The van der Waals surface area contributed by atoms with Crippen LogP contribution in [0, 0.1) is 24.0 Å². The van der Waals surface area contributed by atoms with Crippen LogP contribution in [-0.4, -0.2) is 61.8 Å². The molecule has 2 aromatic rings. The first-order chi connectivity index (χ1) is 15.3. The fourth-order valence-electron chi connectivity index (χ4n) is 3.33. The zero-order chi connectivity index (χ0) is 23.7. The summed E-state index contributed by atoms with van der Waals surface area (Å²) in [5.74, 6) is -1.14. The number of esters is 1. The molecule has 0 saturated heterocycles. The van der Waals surface area contributed by atoms with Crippen LogP contribution in [0.2, 0.25) is 0 Å². The van der Waals surface area contributed by atoms with Gasteiger partial charge < -0.3 is 24.1 Å². The summed E-state index contributed by atoms with van der Waals surface area (Å²) >= 11 is 0. The molecule has 0 spiro atoms. The van der Waals surface area contributed by atoms with E-state index in [9.17, 15) is 19.7 Å². The Morgan fingerprint density at radius 3 is 2.50 bits per heavy atom. The summed E-state index contributed by atoms with van der Waals surface area (Å²) in [7, 11) is 3.16. The number of nitro groups is 1. The average Bonchev–Trinajstić information content (AvgIpc) is 3.06. The fourth-order valence-corrected chi connectivity index (χ4v) is 3.33. The Kier molecular flexibility index (Phi) is 9.36. The molecule has 1 aromatic heterocycles. The molecule has 0 unspecified atom stereocenters. The van der Waals surface area contributed by atoms with Crippen molar-refractivity contribution in [2.45, 2.75) is 26.8 Å². The third-order valence-electron chi connectivity index (χ3n) is 4.99. The Hall–Kier alpha value is -3.24. The number of methoxy groups -OCH3 is 2. The minimum Gasteiger partial charge on any atom is -0.454 e. The summed E-state index contributed by atoms with van der Waals surface area (Å²) in [5, 5.41) is 14.2. The van der Waals surface area contributed by atoms with Gasteiger partial charge in [-0.2, -0.15) is 0 Å². The van der Waals surface area contributed by atoms with Crippen molar-refractivity contribution >= 4 is 23.1 Å². The second-order valence-corrected chi connectivity index (χ2v) is 7.19. The smallest absolute Gasteiger partial charge is 0.338 e. The van der Waals surface area contributed by atoms with E-state index in [2.05, 4.69) is 5.32 Å². The second-order valence-electron chi connectivity index (χ2n) is 7.19. The number of carbonyl (C=O) groups excluding carboxylic acids is 2. The van der Waals surface area contributed by atoms with Crippen molar-refractivity contribution in [3.8, 4) is 0 Å². The molecule has 1 aromatic carbocycles. The molecule has 0 fully saturated rings. The van der Waals surface area contributed by atoms with Crippen LogP contribution in [0.1, 0.15) is 38.5 Å². The van der Waals surface area contributed by atoms with E-state index in [-0.39, 0.29) is 22.7 Å². The highest BCUT2D eigenvalue weighted by molar-refractivity contribution is 6.00. The number of rotatable bonds is 13. The average molecular weight is 447 g/mol. The van der Waals surface area contributed by atoms with E-state index in [1.54, 1.807) is 13.2 Å². The zero-order valence-corrected chi connectivity index (χ0v) is 18.8. The third kappa shape index (κ3) is 6.38. The van der Waals surface area contributed by atoms with Crippen molar-refractivity contribution in [3.63, 3.8) is 0 Å². The highest BCUT2D eigenvalue weighted by atomic mass is 16.6. The predicted molar refractivity (Wildman–Crippen MR) is 118 cm³/mol. The van der Waals surface area contributed by atoms with Crippen LogP contribution in [0.4, 0.5) is 11.4 Å². The molecule has 0 aliphatic carbocycles. The van der Waals surface area contributed by atoms with Crippen LogP contribution in [0.5, 0.6) is 0 Å². The first kappa shape index (κ1) is 25.0. The van der Waals surface area contributed by atoms with Crippen molar-refractivity contribution in [2.75, 3.05) is 45.9 Å². The van der Waals surface area contributed by atoms with Gasteiger partial charge in [-0.15, -0.1) is 0 Å². The van der Waals surface area contributed by atoms with Crippen LogP contribution in [-0.2, 0) is 20.8 Å². The lowest BCUT2D eigenvalue weighted by molar-refractivity contribution is -0.384. The number of ketones is 1. The van der Waals surface area contributed by atoms with Crippen LogP contribution in [0.3, 0.4) is 0 Å². The predicted octanol–water partition coefficient (Wildman–Crippen LogP) is 3.15. The largest absolute Gasteiger partial charge is 0.454 e. The van der Waals surface area contributed by atoms with Crippen molar-refractivity contribution in [1.29, 1.82) is 0 Å². The quantitative estimate of drug-likeness (QED) is 0.163. The van der Waals surface area contributed by atoms with Gasteiger partial charge in [0.15, 0.2) is 6.61 Å². The SMILES string of the molecule is COCCCn1c(C)cc(C(=O)COC(=O)c2ccc(NCCOC)c([N+](=O)[O-])c2)c1C. The Morgan fingerprint density at radius 2 is 1.84 bits per heavy atom. The van der Waals surface area contributed by atoms with E-state index in [4.69, 9.17) is 14.2 Å². The van der Waals surface area contributed by atoms with Crippen LogP contribution < -0.4 is 5.32 Å². The molecule has 0 aliphatic heterocycles. The number of hydrogen-bond donors (Lipinski definition) is 1. The van der Waals surface area contributed by atoms with Crippen LogP contribution >= 0.6 is 0 Å². The Morgan fingerprint density at radius 1 is 1.12 bits per heavy atom. The van der Waals surface area contributed by atoms with E-state index < -0.39 is 17.5 Å². The number of ether oxygens (including phenoxy) is 3. The van der Waals surface area contributed by atoms with Crippen molar-refractivity contribution in [1.82, 2.24) is 4.57 Å². The topological polar surface area (TPSA) is 122 Å². The van der Waals surface area contributed by atoms with Crippen molar-refractivity contribution < 1.29 is 28.7 Å². The summed E-state index contributed by atoms with van der Waals surface area (Å²) in [4.78, 5) is 35.8. The van der Waals surface area contributed by atoms with Gasteiger partial charge in [-0.3, -0.25) is 14.9 Å². The summed E-state index contributed by atoms with van der Waals surface area (Å²) in [5.41, 5.74) is 2.20. The number of benzene rings is 1. The van der Waals surface area contributed by atoms with E-state index in [0.29, 0.717) is 31.9 Å². The molecule has 0 radical (unpaired) electrons. The van der Waals surface area contributed by atoms with Crippen molar-refractivity contribution in [2.24, 2.45) is 0 Å². The summed E-state index contributed by atoms with van der Waals surface area (Å²) < 4.78 is 17.1. The highest BCUT2D eigenvalue weighted by Crippen LogP contribution is 2.26. The molecule has 0 amide bonds. The maximum atomic E-state index is 12.6. The minimum absolute atomic E-state index is 0.00757. The molecule has 2 rings (SSSR count).